The van der Waals surface area contributed by atoms with Gasteiger partial charge in [-0.3, -0.25) is 9.48 Å². The van der Waals surface area contributed by atoms with Gasteiger partial charge in [0.25, 0.3) is 0 Å². The molecule has 5 heteroatoms. The Kier molecular flexibility index (Phi) is 1.55. The van der Waals surface area contributed by atoms with Crippen LogP contribution in [0, 0.1) is 0 Å². The van der Waals surface area contributed by atoms with Gasteiger partial charge in [-0.1, -0.05) is 0 Å². The lowest BCUT2D eigenvalue weighted by Gasteiger charge is -2.38. The van der Waals surface area contributed by atoms with Crippen molar-refractivity contribution in [2.75, 3.05) is 5.73 Å². The Bertz CT molecular complexity index is 340. The van der Waals surface area contributed by atoms with Gasteiger partial charge < -0.3 is 11.5 Å². The Morgan fingerprint density at radius 3 is 2.62 bits per heavy atom. The predicted octanol–water partition coefficient (Wildman–Crippen LogP) is -0.170. The normalized spacial score (nSPS) is 19.4. The number of nitrogens with zero attached hydrogens (tertiary/aromatic N) is 2. The molecule has 13 heavy (non-hydrogen) atoms. The quantitative estimate of drug-likeness (QED) is 0.662. The number of amides is 1. The van der Waals surface area contributed by atoms with E-state index in [4.69, 9.17) is 11.5 Å². The molecule has 0 unspecified atom stereocenters. The van der Waals surface area contributed by atoms with Crippen LogP contribution in [0.5, 0.6) is 0 Å². The average molecular weight is 180 g/mol. The molecule has 0 aromatic carbocycles. The first-order chi connectivity index (χ1) is 6.15. The minimum Gasteiger partial charge on any atom is -0.396 e. The first-order valence-corrected chi connectivity index (χ1v) is 4.26. The second-order valence-electron chi connectivity index (χ2n) is 3.47. The zero-order valence-corrected chi connectivity index (χ0v) is 7.23. The molecule has 1 heterocycles. The number of nitrogens with two attached hydrogens (primary N) is 2. The topological polar surface area (TPSA) is 86.9 Å². The summed E-state index contributed by atoms with van der Waals surface area (Å²) in [7, 11) is 0. The molecule has 1 amide bonds. The van der Waals surface area contributed by atoms with Crippen molar-refractivity contribution in [2.45, 2.75) is 24.8 Å². The van der Waals surface area contributed by atoms with Crippen molar-refractivity contribution in [1.82, 2.24) is 9.78 Å². The summed E-state index contributed by atoms with van der Waals surface area (Å²) < 4.78 is 1.59. The van der Waals surface area contributed by atoms with Crippen molar-refractivity contribution in [1.29, 1.82) is 0 Å². The minimum absolute atomic E-state index is 0.318. The SMILES string of the molecule is NC(=O)C1(n2cc(N)cn2)CCC1. The van der Waals surface area contributed by atoms with Crippen LogP contribution in [0.1, 0.15) is 19.3 Å². The third-order valence-corrected chi connectivity index (χ3v) is 2.68. The number of carbonyl (C=O) groups excluding carboxylic acids is 1. The number of rotatable bonds is 2. The van der Waals surface area contributed by atoms with Gasteiger partial charge in [-0.15, -0.1) is 0 Å². The van der Waals surface area contributed by atoms with Gasteiger partial charge in [-0.25, -0.2) is 0 Å². The van der Waals surface area contributed by atoms with Gasteiger partial charge in [-0.05, 0) is 19.3 Å². The highest BCUT2D eigenvalue weighted by Crippen LogP contribution is 2.38. The molecule has 1 fully saturated rings. The van der Waals surface area contributed by atoms with Gasteiger partial charge in [0, 0.05) is 6.20 Å². The number of hydrogen-bond acceptors (Lipinski definition) is 3. The van der Waals surface area contributed by atoms with Crippen LogP contribution in [0.25, 0.3) is 0 Å². The van der Waals surface area contributed by atoms with Gasteiger partial charge in [0.05, 0.1) is 11.9 Å². The van der Waals surface area contributed by atoms with E-state index in [0.717, 1.165) is 19.3 Å². The van der Waals surface area contributed by atoms with E-state index in [2.05, 4.69) is 5.10 Å². The molecule has 1 saturated carbocycles. The van der Waals surface area contributed by atoms with Gasteiger partial charge in [0.1, 0.15) is 5.54 Å². The average Bonchev–Trinajstić information content (AvgIpc) is 2.32. The molecule has 0 aliphatic heterocycles. The smallest absolute Gasteiger partial charge is 0.245 e. The van der Waals surface area contributed by atoms with Crippen LogP contribution in [0.4, 0.5) is 5.69 Å². The van der Waals surface area contributed by atoms with Crippen LogP contribution < -0.4 is 11.5 Å². The molecule has 0 spiro atoms. The van der Waals surface area contributed by atoms with E-state index in [1.165, 1.54) is 6.20 Å². The lowest BCUT2D eigenvalue weighted by Crippen LogP contribution is -2.51. The Hall–Kier alpha value is -1.52. The number of aromatic nitrogens is 2. The highest BCUT2D eigenvalue weighted by atomic mass is 16.1. The van der Waals surface area contributed by atoms with Crippen molar-refractivity contribution in [2.24, 2.45) is 5.73 Å². The van der Waals surface area contributed by atoms with E-state index in [0.29, 0.717) is 5.69 Å². The number of carbonyl (C=O) groups is 1. The number of nitrogen functional groups attached to an aromatic ring is 1. The molecule has 0 bridgehead atoms. The van der Waals surface area contributed by atoms with Crippen LogP contribution >= 0.6 is 0 Å². The summed E-state index contributed by atoms with van der Waals surface area (Å²) >= 11 is 0. The van der Waals surface area contributed by atoms with Crippen molar-refractivity contribution >= 4 is 11.6 Å². The maximum atomic E-state index is 11.2. The van der Waals surface area contributed by atoms with Crippen LogP contribution in [0.2, 0.25) is 0 Å². The maximum absolute atomic E-state index is 11.2. The lowest BCUT2D eigenvalue weighted by molar-refractivity contribution is -0.131. The Morgan fingerprint density at radius 2 is 2.31 bits per heavy atom. The van der Waals surface area contributed by atoms with Crippen LogP contribution in [0.3, 0.4) is 0 Å². The number of hydrogen-bond donors (Lipinski definition) is 2. The van der Waals surface area contributed by atoms with Crippen molar-refractivity contribution < 1.29 is 4.79 Å². The van der Waals surface area contributed by atoms with Gasteiger partial charge >= 0.3 is 0 Å². The van der Waals surface area contributed by atoms with E-state index in [1.54, 1.807) is 10.9 Å². The summed E-state index contributed by atoms with van der Waals surface area (Å²) in [6, 6.07) is 0. The van der Waals surface area contributed by atoms with Gasteiger partial charge in [0.15, 0.2) is 0 Å². The molecule has 1 aromatic rings. The molecule has 2 rings (SSSR count). The molecule has 1 aliphatic carbocycles. The molecular formula is C8H12N4O. The molecule has 1 aliphatic rings. The monoisotopic (exact) mass is 180 g/mol. The van der Waals surface area contributed by atoms with E-state index < -0.39 is 5.54 Å². The number of primary amides is 1. The summed E-state index contributed by atoms with van der Waals surface area (Å²) in [5.74, 6) is -0.318. The third kappa shape index (κ3) is 0.998. The van der Waals surface area contributed by atoms with Gasteiger partial charge in [0.2, 0.25) is 5.91 Å². The molecule has 0 saturated heterocycles. The van der Waals surface area contributed by atoms with Crippen LogP contribution in [-0.2, 0) is 10.3 Å². The number of anilines is 1. The summed E-state index contributed by atoms with van der Waals surface area (Å²) in [5.41, 5.74) is 10.8. The molecule has 0 atom stereocenters. The highest BCUT2D eigenvalue weighted by molar-refractivity contribution is 5.83. The first-order valence-electron chi connectivity index (χ1n) is 4.26. The van der Waals surface area contributed by atoms with E-state index in [9.17, 15) is 4.79 Å². The van der Waals surface area contributed by atoms with Crippen molar-refractivity contribution in [3.05, 3.63) is 12.4 Å². The molecule has 70 valence electrons. The fourth-order valence-electron chi connectivity index (χ4n) is 1.67. The minimum atomic E-state index is -0.600. The van der Waals surface area contributed by atoms with Gasteiger partial charge in [-0.2, -0.15) is 5.10 Å². The fourth-order valence-corrected chi connectivity index (χ4v) is 1.67. The van der Waals surface area contributed by atoms with E-state index in [1.807, 2.05) is 0 Å². The second-order valence-corrected chi connectivity index (χ2v) is 3.47. The molecule has 1 aromatic heterocycles. The highest BCUT2D eigenvalue weighted by Gasteiger charge is 2.45. The predicted molar refractivity (Wildman–Crippen MR) is 47.7 cm³/mol. The summed E-state index contributed by atoms with van der Waals surface area (Å²) in [4.78, 5) is 11.2. The standard InChI is InChI=1S/C8H12N4O/c9-6-4-11-12(5-6)8(7(10)13)2-1-3-8/h4-5H,1-3,9H2,(H2,10,13). The van der Waals surface area contributed by atoms with Crippen LogP contribution in [0.15, 0.2) is 12.4 Å². The summed E-state index contributed by atoms with van der Waals surface area (Å²) in [6.07, 6.45) is 5.74. The fraction of sp³-hybridized carbons (Fsp3) is 0.500. The first kappa shape index (κ1) is 8.10. The molecule has 4 N–H and O–H groups in total. The molecular weight excluding hydrogens is 168 g/mol. The maximum Gasteiger partial charge on any atom is 0.245 e. The van der Waals surface area contributed by atoms with Crippen LogP contribution in [-0.4, -0.2) is 15.7 Å². The molecule has 5 nitrogen and oxygen atoms in total. The Labute approximate surface area is 75.7 Å². The largest absolute Gasteiger partial charge is 0.396 e. The second kappa shape index (κ2) is 2.48. The molecule has 0 radical (unpaired) electrons. The van der Waals surface area contributed by atoms with E-state index >= 15 is 0 Å². The lowest BCUT2D eigenvalue weighted by atomic mass is 9.76. The van der Waals surface area contributed by atoms with Crippen molar-refractivity contribution in [3.63, 3.8) is 0 Å². The summed E-state index contributed by atoms with van der Waals surface area (Å²) in [6.45, 7) is 0. The Balaban J connectivity index is 2.37. The zero-order valence-electron chi connectivity index (χ0n) is 7.23. The summed E-state index contributed by atoms with van der Waals surface area (Å²) in [5, 5.41) is 4.02. The van der Waals surface area contributed by atoms with Crippen molar-refractivity contribution in [3.8, 4) is 0 Å². The Morgan fingerprint density at radius 1 is 1.62 bits per heavy atom. The zero-order chi connectivity index (χ0) is 9.47. The third-order valence-electron chi connectivity index (χ3n) is 2.68. The van der Waals surface area contributed by atoms with E-state index in [-0.39, 0.29) is 5.91 Å².